The van der Waals surface area contributed by atoms with Gasteiger partial charge in [-0.15, -0.1) is 11.8 Å². The van der Waals surface area contributed by atoms with E-state index in [1.165, 1.54) is 4.90 Å². The fourth-order valence-electron chi connectivity index (χ4n) is 1.33. The van der Waals surface area contributed by atoms with Crippen LogP contribution in [0, 0.1) is 0 Å². The first-order valence-corrected chi connectivity index (χ1v) is 6.56. The van der Waals surface area contributed by atoms with Crippen molar-refractivity contribution in [2.45, 2.75) is 18.2 Å². The van der Waals surface area contributed by atoms with E-state index in [4.69, 9.17) is 0 Å². The molecule has 0 saturated carbocycles. The van der Waals surface area contributed by atoms with Gasteiger partial charge in [0.1, 0.15) is 0 Å². The summed E-state index contributed by atoms with van der Waals surface area (Å²) in [5.74, 6) is 0. The first-order valence-electron chi connectivity index (χ1n) is 5.33. The molecule has 4 heteroatoms. The monoisotopic (exact) mass is 238 g/mol. The van der Waals surface area contributed by atoms with E-state index in [1.807, 2.05) is 30.5 Å². The molecule has 0 saturated heterocycles. The van der Waals surface area contributed by atoms with Crippen molar-refractivity contribution in [1.29, 1.82) is 0 Å². The van der Waals surface area contributed by atoms with Gasteiger partial charge in [-0.2, -0.15) is 0 Å². The minimum atomic E-state index is -0.0567. The maximum atomic E-state index is 11.7. The number of anilines is 1. The summed E-state index contributed by atoms with van der Waals surface area (Å²) < 4.78 is 0. The van der Waals surface area contributed by atoms with Gasteiger partial charge >= 0.3 is 6.03 Å². The minimum Gasteiger partial charge on any atom is -0.328 e. The summed E-state index contributed by atoms with van der Waals surface area (Å²) >= 11 is 1.69. The Morgan fingerprint density at radius 2 is 2.00 bits per heavy atom. The van der Waals surface area contributed by atoms with Crippen LogP contribution in [-0.2, 0) is 0 Å². The summed E-state index contributed by atoms with van der Waals surface area (Å²) in [7, 11) is 1.80. The van der Waals surface area contributed by atoms with Crippen molar-refractivity contribution in [1.82, 2.24) is 4.90 Å². The highest BCUT2D eigenvalue weighted by Gasteiger charge is 2.06. The molecule has 1 aromatic carbocycles. The summed E-state index contributed by atoms with van der Waals surface area (Å²) in [6.45, 7) is 2.83. The second-order valence-corrected chi connectivity index (χ2v) is 4.46. The molecule has 0 bridgehead atoms. The van der Waals surface area contributed by atoms with Gasteiger partial charge in [0.15, 0.2) is 0 Å². The van der Waals surface area contributed by atoms with Crippen LogP contribution in [0.1, 0.15) is 13.3 Å². The van der Waals surface area contributed by atoms with Gasteiger partial charge in [0, 0.05) is 24.2 Å². The van der Waals surface area contributed by atoms with Crippen LogP contribution in [0.4, 0.5) is 10.5 Å². The second-order valence-electron chi connectivity index (χ2n) is 3.58. The third-order valence-electron chi connectivity index (χ3n) is 2.25. The molecule has 16 heavy (non-hydrogen) atoms. The molecule has 2 amide bonds. The van der Waals surface area contributed by atoms with Crippen molar-refractivity contribution in [3.05, 3.63) is 24.3 Å². The largest absolute Gasteiger partial charge is 0.328 e. The summed E-state index contributed by atoms with van der Waals surface area (Å²) in [5, 5.41) is 2.86. The van der Waals surface area contributed by atoms with E-state index in [2.05, 4.69) is 12.2 Å². The Bertz CT molecular complexity index is 337. The predicted molar refractivity (Wildman–Crippen MR) is 70.2 cm³/mol. The Balaban J connectivity index is 2.55. The zero-order chi connectivity index (χ0) is 12.0. The highest BCUT2D eigenvalue weighted by atomic mass is 32.2. The van der Waals surface area contributed by atoms with Gasteiger partial charge in [0.2, 0.25) is 0 Å². The van der Waals surface area contributed by atoms with Crippen LogP contribution in [0.5, 0.6) is 0 Å². The highest BCUT2D eigenvalue weighted by molar-refractivity contribution is 7.98. The summed E-state index contributed by atoms with van der Waals surface area (Å²) in [5.41, 5.74) is 0.839. The molecule has 0 heterocycles. The summed E-state index contributed by atoms with van der Waals surface area (Å²) in [4.78, 5) is 14.5. The standard InChI is InChI=1S/C12H18N2OS/c1-4-9-14(2)12(15)13-10-5-7-11(16-3)8-6-10/h5-8H,4,9H2,1-3H3,(H,13,15). The molecule has 0 aliphatic carbocycles. The van der Waals surface area contributed by atoms with Crippen LogP contribution in [0.3, 0.4) is 0 Å². The van der Waals surface area contributed by atoms with Crippen LogP contribution in [0.15, 0.2) is 29.2 Å². The molecular weight excluding hydrogens is 220 g/mol. The van der Waals surface area contributed by atoms with E-state index >= 15 is 0 Å². The Morgan fingerprint density at radius 3 is 2.50 bits per heavy atom. The number of rotatable bonds is 4. The van der Waals surface area contributed by atoms with E-state index in [1.54, 1.807) is 23.7 Å². The zero-order valence-electron chi connectivity index (χ0n) is 9.99. The number of thioether (sulfide) groups is 1. The smallest absolute Gasteiger partial charge is 0.321 e. The van der Waals surface area contributed by atoms with Gasteiger partial charge in [0.25, 0.3) is 0 Å². The molecule has 0 aliphatic heterocycles. The predicted octanol–water partition coefficient (Wildman–Crippen LogP) is 3.28. The van der Waals surface area contributed by atoms with E-state index in [0.29, 0.717) is 0 Å². The molecule has 1 N–H and O–H groups in total. The van der Waals surface area contributed by atoms with Crippen molar-refractivity contribution in [2.24, 2.45) is 0 Å². The van der Waals surface area contributed by atoms with Crippen molar-refractivity contribution in [2.75, 3.05) is 25.2 Å². The normalized spacial score (nSPS) is 9.94. The quantitative estimate of drug-likeness (QED) is 0.816. The van der Waals surface area contributed by atoms with E-state index in [0.717, 1.165) is 18.7 Å². The first kappa shape index (κ1) is 12.9. The Hall–Kier alpha value is -1.16. The average molecular weight is 238 g/mol. The molecule has 1 aromatic rings. The van der Waals surface area contributed by atoms with Gasteiger partial charge in [0.05, 0.1) is 0 Å². The lowest BCUT2D eigenvalue weighted by molar-refractivity contribution is 0.222. The molecule has 3 nitrogen and oxygen atoms in total. The number of hydrogen-bond donors (Lipinski definition) is 1. The van der Waals surface area contributed by atoms with Crippen LogP contribution < -0.4 is 5.32 Å². The number of carbonyl (C=O) groups is 1. The Morgan fingerprint density at radius 1 is 1.38 bits per heavy atom. The molecule has 0 aromatic heterocycles. The second kappa shape index (κ2) is 6.43. The van der Waals surface area contributed by atoms with Crippen LogP contribution in [-0.4, -0.2) is 30.8 Å². The maximum absolute atomic E-state index is 11.7. The van der Waals surface area contributed by atoms with Gasteiger partial charge in [-0.3, -0.25) is 0 Å². The van der Waals surface area contributed by atoms with E-state index < -0.39 is 0 Å². The molecule has 0 radical (unpaired) electrons. The SMILES string of the molecule is CCCN(C)C(=O)Nc1ccc(SC)cc1. The minimum absolute atomic E-state index is 0.0567. The van der Waals surface area contributed by atoms with E-state index in [-0.39, 0.29) is 6.03 Å². The third kappa shape index (κ3) is 3.77. The summed E-state index contributed by atoms with van der Waals surface area (Å²) in [6, 6.07) is 7.78. The highest BCUT2D eigenvalue weighted by Crippen LogP contribution is 2.17. The molecule has 88 valence electrons. The number of nitrogens with one attached hydrogen (secondary N) is 1. The van der Waals surface area contributed by atoms with E-state index in [9.17, 15) is 4.79 Å². The van der Waals surface area contributed by atoms with Gasteiger partial charge in [-0.25, -0.2) is 4.79 Å². The number of amides is 2. The average Bonchev–Trinajstić information content (AvgIpc) is 2.30. The van der Waals surface area contributed by atoms with Gasteiger partial charge in [-0.1, -0.05) is 6.92 Å². The lowest BCUT2D eigenvalue weighted by atomic mass is 10.3. The van der Waals surface area contributed by atoms with Crippen molar-refractivity contribution < 1.29 is 4.79 Å². The van der Waals surface area contributed by atoms with Crippen molar-refractivity contribution in [3.8, 4) is 0 Å². The topological polar surface area (TPSA) is 32.3 Å². The maximum Gasteiger partial charge on any atom is 0.321 e. The number of benzene rings is 1. The molecule has 0 fully saturated rings. The molecule has 1 rings (SSSR count). The third-order valence-corrected chi connectivity index (χ3v) is 2.99. The molecule has 0 unspecified atom stereocenters. The zero-order valence-corrected chi connectivity index (χ0v) is 10.8. The fourth-order valence-corrected chi connectivity index (χ4v) is 1.74. The number of hydrogen-bond acceptors (Lipinski definition) is 2. The number of nitrogens with zero attached hydrogens (tertiary/aromatic N) is 1. The summed E-state index contributed by atoms with van der Waals surface area (Å²) in [6.07, 6.45) is 3.00. The lowest BCUT2D eigenvalue weighted by Crippen LogP contribution is -2.31. The van der Waals surface area contributed by atoms with Gasteiger partial charge in [-0.05, 0) is 36.9 Å². The Labute approximate surface area is 101 Å². The fraction of sp³-hybridized carbons (Fsp3) is 0.417. The van der Waals surface area contributed by atoms with Crippen LogP contribution in [0.2, 0.25) is 0 Å². The molecule has 0 aliphatic rings. The van der Waals surface area contributed by atoms with Crippen molar-refractivity contribution in [3.63, 3.8) is 0 Å². The molecule has 0 spiro atoms. The number of urea groups is 1. The molecular formula is C12H18N2OS. The van der Waals surface area contributed by atoms with Gasteiger partial charge < -0.3 is 10.2 Å². The number of carbonyl (C=O) groups excluding carboxylic acids is 1. The first-order chi connectivity index (χ1) is 7.67. The van der Waals surface area contributed by atoms with Crippen LogP contribution in [0.25, 0.3) is 0 Å². The lowest BCUT2D eigenvalue weighted by Gasteiger charge is -2.16. The molecule has 0 atom stereocenters. The van der Waals surface area contributed by atoms with Crippen molar-refractivity contribution >= 4 is 23.5 Å². The van der Waals surface area contributed by atoms with Crippen LogP contribution >= 0.6 is 11.8 Å². The Kier molecular flexibility index (Phi) is 5.19.